The molecule has 2 N–H and O–H groups in total. The Hall–Kier alpha value is -2.01. The number of rotatable bonds is 8. The summed E-state index contributed by atoms with van der Waals surface area (Å²) in [4.78, 5) is 11.5. The minimum atomic E-state index is -0.149. The molecule has 0 heterocycles. The SMILES string of the molecule is CCOc1c(O)cc(CCC(=O)/C=C/CO)cc1OC. The van der Waals surface area contributed by atoms with E-state index in [-0.39, 0.29) is 18.1 Å². The van der Waals surface area contributed by atoms with E-state index < -0.39 is 0 Å². The zero-order valence-electron chi connectivity index (χ0n) is 11.8. The third-order valence-corrected chi connectivity index (χ3v) is 2.67. The van der Waals surface area contributed by atoms with Crippen LogP contribution in [0.25, 0.3) is 0 Å². The van der Waals surface area contributed by atoms with E-state index in [4.69, 9.17) is 14.6 Å². The average Bonchev–Trinajstić information content (AvgIpc) is 2.45. The number of carbonyl (C=O) groups is 1. The molecule has 0 aliphatic rings. The maximum Gasteiger partial charge on any atom is 0.203 e. The molecule has 0 amide bonds. The Morgan fingerprint density at radius 1 is 1.40 bits per heavy atom. The fourth-order valence-electron chi connectivity index (χ4n) is 1.76. The average molecular weight is 280 g/mol. The van der Waals surface area contributed by atoms with Crippen molar-refractivity contribution in [2.75, 3.05) is 20.3 Å². The van der Waals surface area contributed by atoms with Crippen molar-refractivity contribution < 1.29 is 24.5 Å². The van der Waals surface area contributed by atoms with Gasteiger partial charge >= 0.3 is 0 Å². The summed E-state index contributed by atoms with van der Waals surface area (Å²) in [5.41, 5.74) is 0.786. The number of hydrogen-bond donors (Lipinski definition) is 2. The van der Waals surface area contributed by atoms with Gasteiger partial charge in [0, 0.05) is 6.42 Å². The van der Waals surface area contributed by atoms with Gasteiger partial charge in [-0.3, -0.25) is 4.79 Å². The smallest absolute Gasteiger partial charge is 0.203 e. The van der Waals surface area contributed by atoms with Crippen molar-refractivity contribution in [2.24, 2.45) is 0 Å². The zero-order chi connectivity index (χ0) is 15.0. The number of benzene rings is 1. The van der Waals surface area contributed by atoms with Crippen LogP contribution >= 0.6 is 0 Å². The van der Waals surface area contributed by atoms with Gasteiger partial charge in [0.15, 0.2) is 17.3 Å². The Morgan fingerprint density at radius 2 is 2.15 bits per heavy atom. The van der Waals surface area contributed by atoms with Crippen molar-refractivity contribution in [3.05, 3.63) is 29.8 Å². The van der Waals surface area contributed by atoms with Gasteiger partial charge in [0.2, 0.25) is 5.75 Å². The van der Waals surface area contributed by atoms with Gasteiger partial charge in [0.05, 0.1) is 20.3 Å². The molecule has 5 nitrogen and oxygen atoms in total. The quantitative estimate of drug-likeness (QED) is 0.711. The number of phenolic OH excluding ortho intramolecular Hbond substituents is 1. The summed E-state index contributed by atoms with van der Waals surface area (Å²) in [6.07, 6.45) is 3.53. The first kappa shape index (κ1) is 16.0. The first-order chi connectivity index (χ1) is 9.62. The van der Waals surface area contributed by atoms with Gasteiger partial charge in [0.1, 0.15) is 0 Å². The van der Waals surface area contributed by atoms with E-state index in [1.54, 1.807) is 12.1 Å². The number of aryl methyl sites for hydroxylation is 1. The van der Waals surface area contributed by atoms with Crippen LogP contribution in [-0.4, -0.2) is 36.3 Å². The lowest BCUT2D eigenvalue weighted by atomic mass is 10.1. The topological polar surface area (TPSA) is 76.0 Å². The highest BCUT2D eigenvalue weighted by Crippen LogP contribution is 2.38. The molecule has 0 aromatic heterocycles. The van der Waals surface area contributed by atoms with Crippen molar-refractivity contribution >= 4 is 5.78 Å². The number of allylic oxidation sites excluding steroid dienone is 1. The van der Waals surface area contributed by atoms with Crippen LogP contribution in [0.3, 0.4) is 0 Å². The molecule has 20 heavy (non-hydrogen) atoms. The number of ether oxygens (including phenoxy) is 2. The van der Waals surface area contributed by atoms with Crippen LogP contribution in [0, 0.1) is 0 Å². The van der Waals surface area contributed by atoms with Crippen LogP contribution in [0.15, 0.2) is 24.3 Å². The Kier molecular flexibility index (Phi) is 6.59. The molecule has 1 aromatic carbocycles. The molecule has 0 saturated heterocycles. The molecule has 0 atom stereocenters. The van der Waals surface area contributed by atoms with Gasteiger partial charge < -0.3 is 19.7 Å². The number of methoxy groups -OCH3 is 1. The second-order valence-electron chi connectivity index (χ2n) is 4.13. The maximum atomic E-state index is 11.5. The molecule has 0 saturated carbocycles. The van der Waals surface area contributed by atoms with E-state index in [0.717, 1.165) is 5.56 Å². The predicted octanol–water partition coefficient (Wildman–Crippen LogP) is 1.85. The molecule has 5 heteroatoms. The fraction of sp³-hybridized carbons (Fsp3) is 0.400. The fourth-order valence-corrected chi connectivity index (χ4v) is 1.76. The summed E-state index contributed by atoms with van der Waals surface area (Å²) in [5, 5.41) is 18.5. The van der Waals surface area contributed by atoms with Gasteiger partial charge in [-0.1, -0.05) is 6.08 Å². The molecular weight excluding hydrogens is 260 g/mol. The van der Waals surface area contributed by atoms with E-state index in [2.05, 4.69) is 0 Å². The van der Waals surface area contributed by atoms with Crippen LogP contribution in [0.1, 0.15) is 18.9 Å². The highest BCUT2D eigenvalue weighted by Gasteiger charge is 2.12. The Balaban J connectivity index is 2.79. The molecule has 0 spiro atoms. The summed E-state index contributed by atoms with van der Waals surface area (Å²) in [6, 6.07) is 3.31. The summed E-state index contributed by atoms with van der Waals surface area (Å²) in [6.45, 7) is 2.09. The molecule has 0 unspecified atom stereocenters. The van der Waals surface area contributed by atoms with Crippen LogP contribution in [0.4, 0.5) is 0 Å². The van der Waals surface area contributed by atoms with E-state index in [0.29, 0.717) is 30.9 Å². The van der Waals surface area contributed by atoms with Crippen LogP contribution < -0.4 is 9.47 Å². The largest absolute Gasteiger partial charge is 0.504 e. The molecule has 0 aliphatic carbocycles. The monoisotopic (exact) mass is 280 g/mol. The maximum absolute atomic E-state index is 11.5. The first-order valence-electron chi connectivity index (χ1n) is 6.45. The number of hydrogen-bond acceptors (Lipinski definition) is 5. The predicted molar refractivity (Wildman–Crippen MR) is 75.4 cm³/mol. The first-order valence-corrected chi connectivity index (χ1v) is 6.45. The number of aromatic hydroxyl groups is 1. The van der Waals surface area contributed by atoms with E-state index in [1.807, 2.05) is 6.92 Å². The molecule has 0 fully saturated rings. The zero-order valence-corrected chi connectivity index (χ0v) is 11.8. The number of ketones is 1. The molecule has 0 radical (unpaired) electrons. The van der Waals surface area contributed by atoms with Gasteiger partial charge in [-0.15, -0.1) is 0 Å². The molecule has 0 bridgehead atoms. The van der Waals surface area contributed by atoms with E-state index >= 15 is 0 Å². The lowest BCUT2D eigenvalue weighted by Gasteiger charge is -2.12. The molecule has 1 aromatic rings. The Bertz CT molecular complexity index is 479. The van der Waals surface area contributed by atoms with Gasteiger partial charge in [-0.25, -0.2) is 0 Å². The number of phenols is 1. The second kappa shape index (κ2) is 8.22. The third-order valence-electron chi connectivity index (χ3n) is 2.67. The van der Waals surface area contributed by atoms with Crippen molar-refractivity contribution in [3.8, 4) is 17.2 Å². The summed E-state index contributed by atoms with van der Waals surface area (Å²) in [7, 11) is 1.50. The standard InChI is InChI=1S/C15H20O5/c1-3-20-15-13(18)9-11(10-14(15)19-2)6-7-12(17)5-4-8-16/h4-5,9-10,16,18H,3,6-8H2,1-2H3/b5-4+. The minimum absolute atomic E-state index is 0.000417. The molecular formula is C15H20O5. The van der Waals surface area contributed by atoms with Crippen LogP contribution in [0.5, 0.6) is 17.2 Å². The van der Waals surface area contributed by atoms with Crippen LogP contribution in [0.2, 0.25) is 0 Å². The van der Waals surface area contributed by atoms with Crippen molar-refractivity contribution in [1.29, 1.82) is 0 Å². The normalized spacial score (nSPS) is 10.8. The Morgan fingerprint density at radius 3 is 2.75 bits per heavy atom. The number of aliphatic hydroxyl groups excluding tert-OH is 1. The molecule has 110 valence electrons. The Labute approximate surface area is 118 Å². The van der Waals surface area contributed by atoms with Gasteiger partial charge in [-0.2, -0.15) is 0 Å². The lowest BCUT2D eigenvalue weighted by molar-refractivity contribution is -0.114. The van der Waals surface area contributed by atoms with Gasteiger partial charge in [0.25, 0.3) is 0 Å². The highest BCUT2D eigenvalue weighted by atomic mass is 16.5. The summed E-state index contributed by atoms with van der Waals surface area (Å²) >= 11 is 0. The van der Waals surface area contributed by atoms with Gasteiger partial charge in [-0.05, 0) is 37.1 Å². The minimum Gasteiger partial charge on any atom is -0.504 e. The number of carbonyl (C=O) groups excluding carboxylic acids is 1. The molecule has 1 rings (SSSR count). The third kappa shape index (κ3) is 4.59. The summed E-state index contributed by atoms with van der Waals surface area (Å²) < 4.78 is 10.5. The van der Waals surface area contributed by atoms with Crippen molar-refractivity contribution in [3.63, 3.8) is 0 Å². The van der Waals surface area contributed by atoms with Crippen LogP contribution in [-0.2, 0) is 11.2 Å². The molecule has 0 aliphatic heterocycles. The lowest BCUT2D eigenvalue weighted by Crippen LogP contribution is -2.00. The van der Waals surface area contributed by atoms with E-state index in [9.17, 15) is 9.90 Å². The van der Waals surface area contributed by atoms with E-state index in [1.165, 1.54) is 19.3 Å². The van der Waals surface area contributed by atoms with Crippen molar-refractivity contribution in [1.82, 2.24) is 0 Å². The summed E-state index contributed by atoms with van der Waals surface area (Å²) in [5.74, 6) is 0.677. The second-order valence-corrected chi connectivity index (χ2v) is 4.13. The highest BCUT2D eigenvalue weighted by molar-refractivity contribution is 5.89. The van der Waals surface area contributed by atoms with Crippen molar-refractivity contribution in [2.45, 2.75) is 19.8 Å². The number of aliphatic hydroxyl groups is 1.